The van der Waals surface area contributed by atoms with E-state index in [9.17, 15) is 24.3 Å². The lowest BCUT2D eigenvalue weighted by atomic mass is 9.78. The summed E-state index contributed by atoms with van der Waals surface area (Å²) in [5.41, 5.74) is 4.25. The Morgan fingerprint density at radius 3 is 1.78 bits per heavy atom. The number of hydrogen-bond donors (Lipinski definition) is 2. The van der Waals surface area contributed by atoms with Gasteiger partial charge in [-0.15, -0.1) is 0 Å². The molecule has 10 nitrogen and oxygen atoms in total. The van der Waals surface area contributed by atoms with Gasteiger partial charge in [-0.3, -0.25) is 14.4 Å². The van der Waals surface area contributed by atoms with E-state index in [-0.39, 0.29) is 29.8 Å². The van der Waals surface area contributed by atoms with E-state index < -0.39 is 59.1 Å². The molecule has 1 aromatic rings. The Morgan fingerprint density at radius 1 is 0.854 bits per heavy atom. The van der Waals surface area contributed by atoms with E-state index in [1.54, 1.807) is 47.6 Å². The molecule has 1 aromatic carbocycles. The molecule has 232 valence electrons. The van der Waals surface area contributed by atoms with Crippen LogP contribution in [0.5, 0.6) is 11.5 Å². The minimum atomic E-state index is -1.88. The van der Waals surface area contributed by atoms with E-state index in [0.717, 1.165) is 0 Å². The maximum absolute atomic E-state index is 12.8. The molecule has 0 bridgehead atoms. The van der Waals surface area contributed by atoms with Crippen LogP contribution in [0, 0.1) is 29.6 Å². The van der Waals surface area contributed by atoms with Gasteiger partial charge < -0.3 is 29.8 Å². The van der Waals surface area contributed by atoms with Gasteiger partial charge in [-0.05, 0) is 56.7 Å². The Kier molecular flexibility index (Phi) is 12.8. The third-order valence-corrected chi connectivity index (χ3v) is 8.08. The van der Waals surface area contributed by atoms with Crippen molar-refractivity contribution in [2.24, 2.45) is 35.3 Å². The van der Waals surface area contributed by atoms with Crippen LogP contribution < -0.4 is 15.2 Å². The second kappa shape index (κ2) is 14.7. The number of carboxylic acids is 1. The molecule has 0 radical (unpaired) electrons. The van der Waals surface area contributed by atoms with Crippen LogP contribution in [0.15, 0.2) is 18.2 Å². The average molecular weight is 580 g/mol. The lowest BCUT2D eigenvalue weighted by Gasteiger charge is -2.35. The van der Waals surface area contributed by atoms with Crippen molar-refractivity contribution in [1.82, 2.24) is 0 Å². The fraction of sp³-hybridized carbons (Fsp3) is 0.677. The predicted molar refractivity (Wildman–Crippen MR) is 155 cm³/mol. The van der Waals surface area contributed by atoms with E-state index in [4.69, 9.17) is 24.7 Å². The van der Waals surface area contributed by atoms with Crippen LogP contribution >= 0.6 is 0 Å². The fourth-order valence-corrected chi connectivity index (χ4v) is 3.54. The van der Waals surface area contributed by atoms with Crippen LogP contribution in [-0.4, -0.2) is 46.4 Å². The Labute approximate surface area is 244 Å². The largest absolute Gasteiger partial charge is 0.509 e. The standard InChI is InChI=1S/C31H49NO9/c1-12-30(10,11)41-29(37)38-22(9)21(8)31(32,28(35)36)16-23-13-14-24(39-26(33)19(6)17(2)3)25(15-23)40-27(34)20(7)18(4)5/h13-15,17-22H,12,16,32H2,1-11H3,(H,35,36)/t19?,20?,21-,22+,31-/m1/s1. The zero-order valence-corrected chi connectivity index (χ0v) is 26.4. The van der Waals surface area contributed by atoms with Gasteiger partial charge in [0.05, 0.1) is 11.8 Å². The van der Waals surface area contributed by atoms with Crippen LogP contribution in [0.4, 0.5) is 4.79 Å². The van der Waals surface area contributed by atoms with Crippen molar-refractivity contribution >= 4 is 24.1 Å². The number of hydrogen-bond acceptors (Lipinski definition) is 9. The number of nitrogens with two attached hydrogens (primary N) is 1. The summed E-state index contributed by atoms with van der Waals surface area (Å²) in [4.78, 5) is 50.3. The number of esters is 2. The van der Waals surface area contributed by atoms with Crippen molar-refractivity contribution in [3.05, 3.63) is 23.8 Å². The van der Waals surface area contributed by atoms with Gasteiger partial charge in [0.1, 0.15) is 17.2 Å². The number of carbonyl (C=O) groups is 4. The highest BCUT2D eigenvalue weighted by Gasteiger charge is 2.44. The summed E-state index contributed by atoms with van der Waals surface area (Å²) in [7, 11) is 0. The van der Waals surface area contributed by atoms with Crippen LogP contribution in [0.1, 0.15) is 88.1 Å². The maximum atomic E-state index is 12.8. The van der Waals surface area contributed by atoms with Crippen LogP contribution in [0.2, 0.25) is 0 Å². The summed E-state index contributed by atoms with van der Waals surface area (Å²) in [5.74, 6) is -3.97. The van der Waals surface area contributed by atoms with Crippen molar-refractivity contribution in [2.45, 2.75) is 106 Å². The number of carbonyl (C=O) groups excluding carboxylic acids is 3. The monoisotopic (exact) mass is 579 g/mol. The second-order valence-electron chi connectivity index (χ2n) is 12.3. The van der Waals surface area contributed by atoms with Crippen molar-refractivity contribution < 1.29 is 43.2 Å². The van der Waals surface area contributed by atoms with Gasteiger partial charge in [-0.25, -0.2) is 4.79 Å². The molecule has 0 fully saturated rings. The molecule has 0 amide bonds. The van der Waals surface area contributed by atoms with Crippen LogP contribution in [0.25, 0.3) is 0 Å². The molecule has 0 saturated heterocycles. The number of ether oxygens (including phenoxy) is 4. The molecule has 41 heavy (non-hydrogen) atoms. The van der Waals surface area contributed by atoms with Crippen molar-refractivity contribution in [3.8, 4) is 11.5 Å². The molecular formula is C31H49NO9. The van der Waals surface area contributed by atoms with Crippen molar-refractivity contribution in [1.29, 1.82) is 0 Å². The Morgan fingerprint density at radius 2 is 1.34 bits per heavy atom. The third-order valence-electron chi connectivity index (χ3n) is 8.08. The summed E-state index contributed by atoms with van der Waals surface area (Å²) in [5, 5.41) is 10.2. The van der Waals surface area contributed by atoms with E-state index >= 15 is 0 Å². The topological polar surface area (TPSA) is 151 Å². The predicted octanol–water partition coefficient (Wildman–Crippen LogP) is 5.77. The summed E-state index contributed by atoms with van der Waals surface area (Å²) < 4.78 is 21.9. The Bertz CT molecular complexity index is 1080. The van der Waals surface area contributed by atoms with Crippen LogP contribution in [0.3, 0.4) is 0 Å². The summed E-state index contributed by atoms with van der Waals surface area (Å²) in [6.07, 6.45) is -1.46. The minimum Gasteiger partial charge on any atom is -0.480 e. The first kappa shape index (κ1) is 35.9. The van der Waals surface area contributed by atoms with E-state index in [2.05, 4.69) is 0 Å². The highest BCUT2D eigenvalue weighted by atomic mass is 16.7. The molecule has 3 N–H and O–H groups in total. The van der Waals surface area contributed by atoms with Gasteiger partial charge in [-0.2, -0.15) is 0 Å². The molecule has 0 spiro atoms. The summed E-state index contributed by atoms with van der Waals surface area (Å²) >= 11 is 0. The van der Waals surface area contributed by atoms with Gasteiger partial charge in [0.25, 0.3) is 0 Å². The molecule has 0 aliphatic rings. The average Bonchev–Trinajstić information content (AvgIpc) is 2.87. The molecule has 0 aromatic heterocycles. The quantitative estimate of drug-likeness (QED) is 0.205. The molecule has 0 heterocycles. The molecule has 5 atom stereocenters. The van der Waals surface area contributed by atoms with Crippen molar-refractivity contribution in [3.63, 3.8) is 0 Å². The fourth-order valence-electron chi connectivity index (χ4n) is 3.54. The number of carboxylic acid groups (broad SMARTS) is 1. The molecule has 0 aliphatic carbocycles. The zero-order valence-electron chi connectivity index (χ0n) is 26.4. The first-order valence-electron chi connectivity index (χ1n) is 14.2. The molecule has 0 saturated carbocycles. The molecule has 10 heteroatoms. The number of benzene rings is 1. The second-order valence-corrected chi connectivity index (χ2v) is 12.3. The first-order chi connectivity index (χ1) is 18.7. The highest BCUT2D eigenvalue weighted by Crippen LogP contribution is 2.34. The number of aliphatic carboxylic acids is 1. The zero-order chi connectivity index (χ0) is 31.9. The highest BCUT2D eigenvalue weighted by molar-refractivity contribution is 5.80. The van der Waals surface area contributed by atoms with E-state index in [1.807, 2.05) is 34.6 Å². The van der Waals surface area contributed by atoms with Gasteiger partial charge in [0.2, 0.25) is 0 Å². The van der Waals surface area contributed by atoms with Gasteiger partial charge >= 0.3 is 24.1 Å². The molecular weight excluding hydrogens is 530 g/mol. The van der Waals surface area contributed by atoms with E-state index in [1.165, 1.54) is 12.1 Å². The van der Waals surface area contributed by atoms with Gasteiger partial charge in [-0.1, -0.05) is 61.5 Å². The lowest BCUT2D eigenvalue weighted by Crippen LogP contribution is -2.58. The van der Waals surface area contributed by atoms with Gasteiger partial charge in [0.15, 0.2) is 11.5 Å². The van der Waals surface area contributed by atoms with Crippen molar-refractivity contribution in [2.75, 3.05) is 0 Å². The lowest BCUT2D eigenvalue weighted by molar-refractivity contribution is -0.148. The minimum absolute atomic E-state index is 0.00160. The summed E-state index contributed by atoms with van der Waals surface area (Å²) in [6, 6.07) is 4.47. The Hall–Kier alpha value is -3.14. The van der Waals surface area contributed by atoms with E-state index in [0.29, 0.717) is 12.0 Å². The molecule has 0 aliphatic heterocycles. The van der Waals surface area contributed by atoms with Crippen LogP contribution in [-0.2, 0) is 30.3 Å². The third kappa shape index (κ3) is 10.0. The number of rotatable bonds is 14. The first-order valence-corrected chi connectivity index (χ1v) is 14.2. The molecule has 1 rings (SSSR count). The Balaban J connectivity index is 3.36. The summed E-state index contributed by atoms with van der Waals surface area (Å²) in [6.45, 7) is 19.5. The SMILES string of the molecule is CCC(C)(C)OC(=O)O[C@@H](C)[C@@H](C)[C@](N)(Cc1ccc(OC(=O)C(C)C(C)C)c(OC(=O)C(C)C(C)C)c1)C(=O)O. The molecule has 2 unspecified atom stereocenters. The van der Waals surface area contributed by atoms with Gasteiger partial charge in [0, 0.05) is 12.3 Å². The maximum Gasteiger partial charge on any atom is 0.509 e. The normalized spacial score (nSPS) is 16.2. The smallest absolute Gasteiger partial charge is 0.480 e.